The Morgan fingerprint density at radius 1 is 1.62 bits per heavy atom. The van der Waals surface area contributed by atoms with Gasteiger partial charge in [-0.3, -0.25) is 0 Å². The molecular weight excluding hydrogens is 164 g/mol. The molecule has 0 unspecified atom stereocenters. The molecule has 0 amide bonds. The Hall–Kier alpha value is -1.67. The first-order chi connectivity index (χ1) is 6.07. The maximum Gasteiger partial charge on any atom is 0.381 e. The third-order valence-corrected chi connectivity index (χ3v) is 1.60. The summed E-state index contributed by atoms with van der Waals surface area (Å²) < 4.78 is 0. The third-order valence-electron chi connectivity index (χ3n) is 1.60. The number of allylic oxidation sites excluding steroid dienone is 1. The quantitative estimate of drug-likeness (QED) is 0.524. The Morgan fingerprint density at radius 2 is 2.23 bits per heavy atom. The van der Waals surface area contributed by atoms with E-state index in [0.717, 1.165) is 5.57 Å². The fourth-order valence-electron chi connectivity index (χ4n) is 0.813. The summed E-state index contributed by atoms with van der Waals surface area (Å²) in [6, 6.07) is 0. The number of rotatable bonds is 3. The number of carbonyl (C=O) groups is 1. The van der Waals surface area contributed by atoms with E-state index in [-0.39, 0.29) is 5.92 Å². The molecule has 0 radical (unpaired) electrons. The van der Waals surface area contributed by atoms with Gasteiger partial charge in [0.05, 0.1) is 0 Å². The van der Waals surface area contributed by atoms with Gasteiger partial charge in [0.1, 0.15) is 0 Å². The Bertz CT molecular complexity index is 296. The van der Waals surface area contributed by atoms with Crippen LogP contribution in [-0.2, 0) is 4.79 Å². The van der Waals surface area contributed by atoms with Crippen LogP contribution in [0.25, 0.3) is 0 Å². The number of carboxylic acids is 1. The molecule has 0 saturated heterocycles. The van der Waals surface area contributed by atoms with Gasteiger partial charge in [-0.1, -0.05) is 18.1 Å². The van der Waals surface area contributed by atoms with Gasteiger partial charge in [0.25, 0.3) is 0 Å². The number of aliphatic carboxylic acids is 1. The molecule has 13 heavy (non-hydrogen) atoms. The summed E-state index contributed by atoms with van der Waals surface area (Å²) in [7, 11) is 0. The van der Waals surface area contributed by atoms with Crippen molar-refractivity contribution >= 4 is 5.97 Å². The molecule has 0 aliphatic heterocycles. The van der Waals surface area contributed by atoms with Gasteiger partial charge in [0.2, 0.25) is 0 Å². The summed E-state index contributed by atoms with van der Waals surface area (Å²) in [6.45, 7) is 5.63. The fourth-order valence-corrected chi connectivity index (χ4v) is 0.813. The first-order valence-electron chi connectivity index (χ1n) is 3.88. The minimum Gasteiger partial charge on any atom is -0.472 e. The molecular formula is C11H12O2. The van der Waals surface area contributed by atoms with Crippen LogP contribution in [0.1, 0.15) is 19.8 Å². The van der Waals surface area contributed by atoms with Crippen molar-refractivity contribution in [2.45, 2.75) is 19.8 Å². The topological polar surface area (TPSA) is 37.3 Å². The second kappa shape index (κ2) is 5.91. The van der Waals surface area contributed by atoms with E-state index < -0.39 is 5.97 Å². The highest BCUT2D eigenvalue weighted by molar-refractivity contribution is 5.86. The lowest BCUT2D eigenvalue weighted by Crippen LogP contribution is -1.99. The molecule has 0 heterocycles. The summed E-state index contributed by atoms with van der Waals surface area (Å²) in [5.41, 5.74) is 0.942. The highest BCUT2D eigenvalue weighted by Crippen LogP contribution is 2.15. The van der Waals surface area contributed by atoms with Gasteiger partial charge in [0.15, 0.2) is 0 Å². The largest absolute Gasteiger partial charge is 0.472 e. The molecule has 0 aromatic rings. The average molecular weight is 176 g/mol. The number of hydrogen-bond donors (Lipinski definition) is 1. The van der Waals surface area contributed by atoms with Crippen molar-refractivity contribution < 1.29 is 9.90 Å². The van der Waals surface area contributed by atoms with E-state index in [2.05, 4.69) is 18.4 Å². The van der Waals surface area contributed by atoms with E-state index in [1.54, 1.807) is 0 Å². The maximum atomic E-state index is 10.1. The van der Waals surface area contributed by atoms with E-state index in [9.17, 15) is 4.79 Å². The van der Waals surface area contributed by atoms with Crippen molar-refractivity contribution in [1.29, 1.82) is 0 Å². The van der Waals surface area contributed by atoms with E-state index in [0.29, 0.717) is 12.8 Å². The van der Waals surface area contributed by atoms with Gasteiger partial charge in [-0.2, -0.15) is 0 Å². The van der Waals surface area contributed by atoms with Crippen LogP contribution in [0.5, 0.6) is 0 Å². The Labute approximate surface area is 78.7 Å². The van der Waals surface area contributed by atoms with Crippen molar-refractivity contribution in [3.05, 3.63) is 12.2 Å². The van der Waals surface area contributed by atoms with E-state index in [4.69, 9.17) is 11.5 Å². The van der Waals surface area contributed by atoms with Gasteiger partial charge >= 0.3 is 5.97 Å². The highest BCUT2D eigenvalue weighted by Gasteiger charge is 2.05. The lowest BCUT2D eigenvalue weighted by Gasteiger charge is -2.08. The van der Waals surface area contributed by atoms with Crippen LogP contribution in [0.15, 0.2) is 12.2 Å². The zero-order valence-corrected chi connectivity index (χ0v) is 7.63. The number of carboxylic acid groups (broad SMARTS) is 1. The van der Waals surface area contributed by atoms with Crippen LogP contribution in [0.2, 0.25) is 0 Å². The molecule has 0 spiro atoms. The number of terminal acetylenes is 1. The molecule has 0 aromatic carbocycles. The summed E-state index contributed by atoms with van der Waals surface area (Å²) in [5, 5.41) is 8.26. The zero-order valence-electron chi connectivity index (χ0n) is 7.63. The molecule has 0 rings (SSSR count). The van der Waals surface area contributed by atoms with Gasteiger partial charge in [-0.25, -0.2) is 4.79 Å². The predicted octanol–water partition coefficient (Wildman–Crippen LogP) is 1.68. The van der Waals surface area contributed by atoms with Crippen LogP contribution >= 0.6 is 0 Å². The minimum atomic E-state index is -1.11. The molecule has 2 heteroatoms. The Morgan fingerprint density at radius 3 is 2.62 bits per heavy atom. The second-order valence-corrected chi connectivity index (χ2v) is 2.76. The summed E-state index contributed by atoms with van der Waals surface area (Å²) in [4.78, 5) is 10.1. The lowest BCUT2D eigenvalue weighted by molar-refractivity contribution is -0.130. The fraction of sp³-hybridized carbons (Fsp3) is 0.364. The first kappa shape index (κ1) is 11.3. The van der Waals surface area contributed by atoms with Crippen LogP contribution in [0.4, 0.5) is 0 Å². The van der Waals surface area contributed by atoms with Crippen molar-refractivity contribution in [2.75, 3.05) is 0 Å². The van der Waals surface area contributed by atoms with E-state index >= 15 is 0 Å². The van der Waals surface area contributed by atoms with Crippen molar-refractivity contribution in [3.63, 3.8) is 0 Å². The minimum absolute atomic E-state index is 0.108. The van der Waals surface area contributed by atoms with E-state index in [1.165, 1.54) is 0 Å². The summed E-state index contributed by atoms with van der Waals surface area (Å²) in [6.07, 6.45) is 6.17. The molecule has 0 aromatic heterocycles. The SMILES string of the molecule is C#CC[C@@H](CC#CC(=O)O)C(=C)C. The van der Waals surface area contributed by atoms with Crippen LogP contribution in [0.3, 0.4) is 0 Å². The van der Waals surface area contributed by atoms with Crippen LogP contribution in [0, 0.1) is 30.1 Å². The second-order valence-electron chi connectivity index (χ2n) is 2.76. The molecule has 2 nitrogen and oxygen atoms in total. The number of hydrogen-bond acceptors (Lipinski definition) is 1. The monoisotopic (exact) mass is 176 g/mol. The Kier molecular flexibility index (Phi) is 5.15. The molecule has 0 aliphatic carbocycles. The average Bonchev–Trinajstić information content (AvgIpc) is 2.02. The predicted molar refractivity (Wildman–Crippen MR) is 51.8 cm³/mol. The molecule has 0 fully saturated rings. The van der Waals surface area contributed by atoms with Crippen LogP contribution < -0.4 is 0 Å². The normalized spacial score (nSPS) is 10.5. The smallest absolute Gasteiger partial charge is 0.381 e. The third kappa shape index (κ3) is 5.58. The van der Waals surface area contributed by atoms with Gasteiger partial charge < -0.3 is 5.11 Å². The highest BCUT2D eigenvalue weighted by atomic mass is 16.4. The first-order valence-corrected chi connectivity index (χ1v) is 3.88. The van der Waals surface area contributed by atoms with Gasteiger partial charge in [-0.15, -0.1) is 12.3 Å². The molecule has 1 atom stereocenters. The Balaban J connectivity index is 4.15. The van der Waals surface area contributed by atoms with E-state index in [1.807, 2.05) is 12.8 Å². The molecule has 1 N–H and O–H groups in total. The standard InChI is InChI=1S/C11H12O2/c1-4-6-10(9(2)3)7-5-8-11(12)13/h1,10H,2,6-7H2,3H3,(H,12,13)/t10-/m0/s1. The molecule has 0 aliphatic rings. The molecule has 0 saturated carbocycles. The van der Waals surface area contributed by atoms with Gasteiger partial charge in [-0.05, 0) is 6.92 Å². The van der Waals surface area contributed by atoms with Crippen molar-refractivity contribution in [1.82, 2.24) is 0 Å². The maximum absolute atomic E-state index is 10.1. The summed E-state index contributed by atoms with van der Waals surface area (Å²) >= 11 is 0. The lowest BCUT2D eigenvalue weighted by atomic mass is 9.95. The summed E-state index contributed by atoms with van der Waals surface area (Å²) in [5.74, 6) is 6.10. The molecule has 0 bridgehead atoms. The van der Waals surface area contributed by atoms with Crippen molar-refractivity contribution in [2.24, 2.45) is 5.92 Å². The van der Waals surface area contributed by atoms with Crippen LogP contribution in [-0.4, -0.2) is 11.1 Å². The molecule has 68 valence electrons. The van der Waals surface area contributed by atoms with Crippen molar-refractivity contribution in [3.8, 4) is 24.2 Å². The zero-order chi connectivity index (χ0) is 10.3. The van der Waals surface area contributed by atoms with Gasteiger partial charge in [0, 0.05) is 24.7 Å².